The molecule has 1 amide bonds. The number of nitrogens with zero attached hydrogens (tertiary/aromatic N) is 3. The van der Waals surface area contributed by atoms with Crippen LogP contribution in [0.2, 0.25) is 10.0 Å². The smallest absolute Gasteiger partial charge is 0.274 e. The third-order valence-corrected chi connectivity index (χ3v) is 5.19. The molecule has 1 aromatic carbocycles. The number of carbonyl (C=O) groups excluding carboxylic acids is 1. The molecule has 4 rings (SSSR count). The third kappa shape index (κ3) is 4.50. The number of carbonyl (C=O) groups is 1. The van der Waals surface area contributed by atoms with Crippen molar-refractivity contribution in [3.63, 3.8) is 0 Å². The van der Waals surface area contributed by atoms with Crippen molar-refractivity contribution in [2.45, 2.75) is 0 Å². The summed E-state index contributed by atoms with van der Waals surface area (Å²) in [5.74, 6) is -0.321. The summed E-state index contributed by atoms with van der Waals surface area (Å²) in [5, 5.41) is 3.94. The number of ether oxygens (including phenoxy) is 1. The Bertz CT molecular complexity index is 1020. The van der Waals surface area contributed by atoms with E-state index in [9.17, 15) is 4.79 Å². The van der Waals surface area contributed by atoms with Gasteiger partial charge in [0.25, 0.3) is 5.91 Å². The van der Waals surface area contributed by atoms with Crippen molar-refractivity contribution in [2.75, 3.05) is 36.5 Å². The van der Waals surface area contributed by atoms with Crippen LogP contribution in [0.5, 0.6) is 0 Å². The molecule has 1 saturated heterocycles. The van der Waals surface area contributed by atoms with Gasteiger partial charge in [-0.15, -0.1) is 0 Å². The highest BCUT2D eigenvalue weighted by atomic mass is 35.5. The van der Waals surface area contributed by atoms with E-state index in [0.717, 1.165) is 24.3 Å². The molecule has 0 aliphatic carbocycles. The van der Waals surface area contributed by atoms with Crippen LogP contribution in [0.3, 0.4) is 0 Å². The topological polar surface area (TPSA) is 67.4 Å². The van der Waals surface area contributed by atoms with Crippen molar-refractivity contribution in [3.8, 4) is 11.3 Å². The molecule has 0 radical (unpaired) electrons. The Hall–Kier alpha value is -2.67. The quantitative estimate of drug-likeness (QED) is 0.660. The number of anilines is 2. The van der Waals surface area contributed by atoms with Crippen LogP contribution in [0.1, 0.15) is 10.5 Å². The summed E-state index contributed by atoms with van der Waals surface area (Å²) in [5.41, 5.74) is 3.19. The van der Waals surface area contributed by atoms with E-state index in [2.05, 4.69) is 20.2 Å². The van der Waals surface area contributed by atoms with Crippen LogP contribution in [0.4, 0.5) is 11.4 Å². The van der Waals surface area contributed by atoms with Crippen LogP contribution in [0.15, 0.2) is 54.9 Å². The first-order chi connectivity index (χ1) is 14.1. The van der Waals surface area contributed by atoms with E-state index in [1.165, 1.54) is 0 Å². The lowest BCUT2D eigenvalue weighted by Gasteiger charge is -2.29. The van der Waals surface area contributed by atoms with Gasteiger partial charge in [-0.05, 0) is 42.5 Å². The zero-order valence-corrected chi connectivity index (χ0v) is 17.0. The summed E-state index contributed by atoms with van der Waals surface area (Å²) < 4.78 is 5.37. The van der Waals surface area contributed by atoms with Crippen molar-refractivity contribution in [1.82, 2.24) is 9.97 Å². The van der Waals surface area contributed by atoms with E-state index in [1.54, 1.807) is 42.7 Å². The molecule has 148 valence electrons. The molecule has 3 aromatic rings. The Balaban J connectivity index is 1.46. The zero-order chi connectivity index (χ0) is 20.2. The van der Waals surface area contributed by atoms with Gasteiger partial charge in [0.1, 0.15) is 5.69 Å². The molecular formula is C21H18Cl2N4O2. The van der Waals surface area contributed by atoms with Crippen LogP contribution in [0.25, 0.3) is 11.3 Å². The number of pyridine rings is 2. The summed E-state index contributed by atoms with van der Waals surface area (Å²) in [7, 11) is 0. The van der Waals surface area contributed by atoms with Crippen molar-refractivity contribution in [3.05, 3.63) is 70.6 Å². The Morgan fingerprint density at radius 2 is 1.86 bits per heavy atom. The monoisotopic (exact) mass is 428 g/mol. The lowest BCUT2D eigenvalue weighted by molar-refractivity contribution is 0.102. The van der Waals surface area contributed by atoms with Crippen molar-refractivity contribution < 1.29 is 9.53 Å². The van der Waals surface area contributed by atoms with Gasteiger partial charge in [-0.1, -0.05) is 23.2 Å². The maximum absolute atomic E-state index is 12.5. The number of rotatable bonds is 4. The predicted molar refractivity (Wildman–Crippen MR) is 115 cm³/mol. The fourth-order valence-electron chi connectivity index (χ4n) is 3.11. The van der Waals surface area contributed by atoms with Crippen LogP contribution in [-0.4, -0.2) is 42.2 Å². The molecule has 0 bridgehead atoms. The van der Waals surface area contributed by atoms with E-state index in [-0.39, 0.29) is 11.6 Å². The van der Waals surface area contributed by atoms with Crippen molar-refractivity contribution >= 4 is 40.5 Å². The Kier molecular flexibility index (Phi) is 5.94. The molecule has 6 nitrogen and oxygen atoms in total. The number of hydrogen-bond donors (Lipinski definition) is 1. The molecule has 0 unspecified atom stereocenters. The van der Waals surface area contributed by atoms with Crippen LogP contribution in [0, 0.1) is 0 Å². The fraction of sp³-hybridized carbons (Fsp3) is 0.190. The van der Waals surface area contributed by atoms with Crippen molar-refractivity contribution in [2.24, 2.45) is 0 Å². The average molecular weight is 429 g/mol. The van der Waals surface area contributed by atoms with E-state index in [0.29, 0.717) is 34.6 Å². The molecule has 1 N–H and O–H groups in total. The summed E-state index contributed by atoms with van der Waals surface area (Å²) in [6.45, 7) is 2.95. The summed E-state index contributed by atoms with van der Waals surface area (Å²) in [6, 6.07) is 12.4. The van der Waals surface area contributed by atoms with Crippen LogP contribution >= 0.6 is 23.2 Å². The van der Waals surface area contributed by atoms with E-state index < -0.39 is 0 Å². The zero-order valence-electron chi connectivity index (χ0n) is 15.4. The summed E-state index contributed by atoms with van der Waals surface area (Å²) >= 11 is 12.6. The SMILES string of the molecule is O=C(Nc1ccc(N2CCOCC2)c(Cl)c1)c1ccc(-c2ncccc2Cl)cn1. The normalized spacial score (nSPS) is 13.9. The number of aromatic nitrogens is 2. The van der Waals surface area contributed by atoms with Gasteiger partial charge < -0.3 is 15.0 Å². The lowest BCUT2D eigenvalue weighted by Crippen LogP contribution is -2.36. The lowest BCUT2D eigenvalue weighted by atomic mass is 10.1. The van der Waals surface area contributed by atoms with Gasteiger partial charge in [0.15, 0.2) is 0 Å². The van der Waals surface area contributed by atoms with E-state index in [4.69, 9.17) is 27.9 Å². The van der Waals surface area contributed by atoms with Gasteiger partial charge >= 0.3 is 0 Å². The second kappa shape index (κ2) is 8.78. The largest absolute Gasteiger partial charge is 0.378 e. The Morgan fingerprint density at radius 1 is 1.03 bits per heavy atom. The number of amides is 1. The van der Waals surface area contributed by atoms with Gasteiger partial charge in [-0.2, -0.15) is 0 Å². The second-order valence-corrected chi connectivity index (χ2v) is 7.30. The molecule has 8 heteroatoms. The average Bonchev–Trinajstić information content (AvgIpc) is 2.75. The highest BCUT2D eigenvalue weighted by Gasteiger charge is 2.15. The highest BCUT2D eigenvalue weighted by molar-refractivity contribution is 6.33. The minimum atomic E-state index is -0.321. The maximum Gasteiger partial charge on any atom is 0.274 e. The predicted octanol–water partition coefficient (Wildman–Crippen LogP) is 4.54. The number of benzene rings is 1. The first-order valence-corrected chi connectivity index (χ1v) is 9.88. The first kappa shape index (κ1) is 19.6. The van der Waals surface area contributed by atoms with Gasteiger partial charge in [0, 0.05) is 36.7 Å². The molecule has 0 saturated carbocycles. The fourth-order valence-corrected chi connectivity index (χ4v) is 3.64. The molecule has 3 heterocycles. The maximum atomic E-state index is 12.5. The first-order valence-electron chi connectivity index (χ1n) is 9.12. The number of morpholine rings is 1. The van der Waals surface area contributed by atoms with E-state index in [1.807, 2.05) is 12.1 Å². The molecule has 29 heavy (non-hydrogen) atoms. The molecule has 1 aliphatic heterocycles. The minimum absolute atomic E-state index is 0.286. The second-order valence-electron chi connectivity index (χ2n) is 6.49. The summed E-state index contributed by atoms with van der Waals surface area (Å²) in [4.78, 5) is 23.2. The van der Waals surface area contributed by atoms with Gasteiger partial charge in [-0.3, -0.25) is 14.8 Å². The number of halogens is 2. The van der Waals surface area contributed by atoms with E-state index >= 15 is 0 Å². The van der Waals surface area contributed by atoms with Crippen LogP contribution < -0.4 is 10.2 Å². The molecule has 0 atom stereocenters. The number of nitrogens with one attached hydrogen (secondary N) is 1. The van der Waals surface area contributed by atoms with Crippen LogP contribution in [-0.2, 0) is 4.74 Å². The Labute approximate surface area is 178 Å². The number of hydrogen-bond acceptors (Lipinski definition) is 5. The molecule has 1 fully saturated rings. The molecular weight excluding hydrogens is 411 g/mol. The van der Waals surface area contributed by atoms with Gasteiger partial charge in [-0.25, -0.2) is 0 Å². The van der Waals surface area contributed by atoms with Crippen molar-refractivity contribution in [1.29, 1.82) is 0 Å². The molecule has 1 aliphatic rings. The van der Waals surface area contributed by atoms with Gasteiger partial charge in [0.2, 0.25) is 0 Å². The van der Waals surface area contributed by atoms with Gasteiger partial charge in [0.05, 0.1) is 34.6 Å². The minimum Gasteiger partial charge on any atom is -0.378 e. The molecule has 2 aromatic heterocycles. The third-order valence-electron chi connectivity index (χ3n) is 4.59. The summed E-state index contributed by atoms with van der Waals surface area (Å²) in [6.07, 6.45) is 3.24. The molecule has 0 spiro atoms. The highest BCUT2D eigenvalue weighted by Crippen LogP contribution is 2.30. The Morgan fingerprint density at radius 3 is 2.55 bits per heavy atom. The standard InChI is InChI=1S/C21H18Cl2N4O2/c22-16-2-1-7-24-20(16)14-3-5-18(25-13-14)21(28)26-15-4-6-19(17(23)12-15)27-8-10-29-11-9-27/h1-7,12-13H,8-11H2,(H,26,28).